The van der Waals surface area contributed by atoms with Gasteiger partial charge in [0.2, 0.25) is 0 Å². The van der Waals surface area contributed by atoms with Crippen molar-refractivity contribution in [2.45, 2.75) is 5.88 Å². The van der Waals surface area contributed by atoms with Gasteiger partial charge in [0.1, 0.15) is 0 Å². The topological polar surface area (TPSA) is 63.3 Å². The molecule has 1 rings (SSSR count). The van der Waals surface area contributed by atoms with Crippen LogP contribution in [0.5, 0.6) is 0 Å². The van der Waals surface area contributed by atoms with Crippen molar-refractivity contribution in [3.63, 3.8) is 0 Å². The summed E-state index contributed by atoms with van der Waals surface area (Å²) in [5, 5.41) is 7.95. The van der Waals surface area contributed by atoms with Crippen molar-refractivity contribution in [3.8, 4) is 0 Å². The Labute approximate surface area is 86.1 Å². The molecule has 1 aromatic carbocycles. The van der Waals surface area contributed by atoms with Crippen molar-refractivity contribution in [3.05, 3.63) is 34.9 Å². The molecule has 0 aromatic heterocycles. The third kappa shape index (κ3) is 7.43. The van der Waals surface area contributed by atoms with E-state index in [0.29, 0.717) is 5.88 Å². The number of amides is 1. The molecule has 3 nitrogen and oxygen atoms in total. The van der Waals surface area contributed by atoms with Gasteiger partial charge in [0.05, 0.1) is 0 Å². The molecular weight excluding hydrogens is 213 g/mol. The van der Waals surface area contributed by atoms with Crippen LogP contribution < -0.4 is 5.73 Å². The predicted octanol–water partition coefficient (Wildman–Crippen LogP) is 2.70. The number of primary amides is 1. The van der Waals surface area contributed by atoms with Crippen molar-refractivity contribution in [2.24, 2.45) is 5.73 Å². The van der Waals surface area contributed by atoms with E-state index in [2.05, 4.69) is 5.73 Å². The van der Waals surface area contributed by atoms with Crippen molar-refractivity contribution in [1.82, 2.24) is 0 Å². The number of carboxylic acid groups (broad SMARTS) is 1. The standard InChI is InChI=1S/C7H6Cl2.CH3NO2/c8-5-6-1-3-7(9)4-2-6;2-1(3)4/h1-4H,5H2;2H2,(H,3,4). The summed E-state index contributed by atoms with van der Waals surface area (Å²) in [4.78, 5) is 8.78. The summed E-state index contributed by atoms with van der Waals surface area (Å²) in [6.07, 6.45) is -1.33. The number of halogens is 2. The number of alkyl halides is 1. The van der Waals surface area contributed by atoms with E-state index in [1.54, 1.807) is 0 Å². The Balaban J connectivity index is 0.000000310. The van der Waals surface area contributed by atoms with Gasteiger partial charge in [-0.05, 0) is 17.7 Å². The second-order valence-corrected chi connectivity index (χ2v) is 2.80. The quantitative estimate of drug-likeness (QED) is 0.717. The first-order valence-electron chi connectivity index (χ1n) is 3.35. The van der Waals surface area contributed by atoms with Gasteiger partial charge in [-0.3, -0.25) is 0 Å². The van der Waals surface area contributed by atoms with E-state index in [4.69, 9.17) is 33.1 Å². The van der Waals surface area contributed by atoms with E-state index in [1.165, 1.54) is 0 Å². The molecule has 13 heavy (non-hydrogen) atoms. The maximum Gasteiger partial charge on any atom is 0.402 e. The molecular formula is C8H9Cl2NO2. The summed E-state index contributed by atoms with van der Waals surface area (Å²) in [5.74, 6) is 0.553. The lowest BCUT2D eigenvalue weighted by molar-refractivity contribution is 0.205. The lowest BCUT2D eigenvalue weighted by Crippen LogP contribution is -2.03. The Morgan fingerprint density at radius 2 is 1.77 bits per heavy atom. The Morgan fingerprint density at radius 1 is 1.38 bits per heavy atom. The Kier molecular flexibility index (Phi) is 6.10. The summed E-state index contributed by atoms with van der Waals surface area (Å²) in [5.41, 5.74) is 5.13. The van der Waals surface area contributed by atoms with Gasteiger partial charge < -0.3 is 10.8 Å². The van der Waals surface area contributed by atoms with Crippen LogP contribution in [0.15, 0.2) is 24.3 Å². The average Bonchev–Trinajstić information content (AvgIpc) is 2.05. The molecule has 0 heterocycles. The molecule has 3 N–H and O–H groups in total. The fourth-order valence-corrected chi connectivity index (χ4v) is 0.878. The summed E-state index contributed by atoms with van der Waals surface area (Å²) in [6.45, 7) is 0. The number of hydrogen-bond donors (Lipinski definition) is 2. The van der Waals surface area contributed by atoms with Crippen LogP contribution in [-0.2, 0) is 5.88 Å². The fourth-order valence-electron chi connectivity index (χ4n) is 0.573. The van der Waals surface area contributed by atoms with E-state index in [1.807, 2.05) is 24.3 Å². The highest BCUT2D eigenvalue weighted by Crippen LogP contribution is 2.10. The van der Waals surface area contributed by atoms with Gasteiger partial charge in [-0.25, -0.2) is 4.79 Å². The number of benzene rings is 1. The predicted molar refractivity (Wildman–Crippen MR) is 53.2 cm³/mol. The SMILES string of the molecule is ClCc1ccc(Cl)cc1.NC(=O)O. The minimum atomic E-state index is -1.33. The molecule has 0 aliphatic carbocycles. The van der Waals surface area contributed by atoms with Crippen LogP contribution in [0.3, 0.4) is 0 Å². The molecule has 0 unspecified atom stereocenters. The van der Waals surface area contributed by atoms with Crippen LogP contribution in [0.4, 0.5) is 4.79 Å². The first-order valence-corrected chi connectivity index (χ1v) is 4.26. The molecule has 5 heteroatoms. The first-order chi connectivity index (χ1) is 6.06. The van der Waals surface area contributed by atoms with Crippen molar-refractivity contribution >= 4 is 29.3 Å². The minimum Gasteiger partial charge on any atom is -0.465 e. The third-order valence-corrected chi connectivity index (χ3v) is 1.63. The third-order valence-electron chi connectivity index (χ3n) is 1.07. The fraction of sp³-hybridized carbons (Fsp3) is 0.125. The van der Waals surface area contributed by atoms with Gasteiger partial charge in [-0.15, -0.1) is 11.6 Å². The molecule has 72 valence electrons. The van der Waals surface area contributed by atoms with Gasteiger partial charge in [0, 0.05) is 10.9 Å². The number of carbonyl (C=O) groups is 1. The molecule has 0 aliphatic rings. The smallest absolute Gasteiger partial charge is 0.402 e. The van der Waals surface area contributed by atoms with Crippen LogP contribution >= 0.6 is 23.2 Å². The summed E-state index contributed by atoms with van der Waals surface area (Å²) < 4.78 is 0. The highest BCUT2D eigenvalue weighted by Gasteiger charge is 1.87. The monoisotopic (exact) mass is 221 g/mol. The zero-order valence-corrected chi connectivity index (χ0v) is 8.22. The Bertz CT molecular complexity index is 257. The first kappa shape index (κ1) is 12.1. The maximum atomic E-state index is 8.78. The highest BCUT2D eigenvalue weighted by molar-refractivity contribution is 6.30. The van der Waals surface area contributed by atoms with E-state index < -0.39 is 6.09 Å². The van der Waals surface area contributed by atoms with Crippen LogP contribution in [0, 0.1) is 0 Å². The molecule has 0 aliphatic heterocycles. The molecule has 1 aromatic rings. The molecule has 0 bridgehead atoms. The molecule has 0 fully saturated rings. The van der Waals surface area contributed by atoms with Crippen molar-refractivity contribution in [1.29, 1.82) is 0 Å². The van der Waals surface area contributed by atoms with Crippen molar-refractivity contribution < 1.29 is 9.90 Å². The van der Waals surface area contributed by atoms with Crippen LogP contribution in [0.2, 0.25) is 5.02 Å². The normalized spacial score (nSPS) is 8.46. The van der Waals surface area contributed by atoms with Gasteiger partial charge in [-0.1, -0.05) is 23.7 Å². The molecule has 0 saturated carbocycles. The molecule has 0 spiro atoms. The van der Waals surface area contributed by atoms with Crippen LogP contribution in [0.1, 0.15) is 5.56 Å². The number of nitrogens with two attached hydrogens (primary N) is 1. The Morgan fingerprint density at radius 3 is 2.08 bits per heavy atom. The second-order valence-electron chi connectivity index (χ2n) is 2.10. The summed E-state index contributed by atoms with van der Waals surface area (Å²) >= 11 is 11.2. The minimum absolute atomic E-state index is 0.553. The van der Waals surface area contributed by atoms with Crippen molar-refractivity contribution in [2.75, 3.05) is 0 Å². The lowest BCUT2D eigenvalue weighted by atomic mass is 10.2. The largest absolute Gasteiger partial charge is 0.465 e. The number of rotatable bonds is 1. The highest BCUT2D eigenvalue weighted by atomic mass is 35.5. The molecule has 0 saturated heterocycles. The summed E-state index contributed by atoms with van der Waals surface area (Å²) in [6, 6.07) is 7.49. The Hall–Kier alpha value is -0.930. The average molecular weight is 222 g/mol. The van der Waals surface area contributed by atoms with E-state index in [0.717, 1.165) is 10.6 Å². The van der Waals surface area contributed by atoms with Gasteiger partial charge in [-0.2, -0.15) is 0 Å². The maximum absolute atomic E-state index is 8.78. The zero-order chi connectivity index (χ0) is 10.3. The second kappa shape index (κ2) is 6.57. The molecule has 0 atom stereocenters. The van der Waals surface area contributed by atoms with E-state index >= 15 is 0 Å². The van der Waals surface area contributed by atoms with Crippen LogP contribution in [-0.4, -0.2) is 11.2 Å². The van der Waals surface area contributed by atoms with Gasteiger partial charge in [0.15, 0.2) is 0 Å². The molecule has 1 amide bonds. The van der Waals surface area contributed by atoms with Gasteiger partial charge in [0.25, 0.3) is 0 Å². The molecule has 0 radical (unpaired) electrons. The van der Waals surface area contributed by atoms with Gasteiger partial charge >= 0.3 is 6.09 Å². The van der Waals surface area contributed by atoms with E-state index in [-0.39, 0.29) is 0 Å². The van der Waals surface area contributed by atoms with E-state index in [9.17, 15) is 0 Å². The van der Waals surface area contributed by atoms with Crippen LogP contribution in [0.25, 0.3) is 0 Å². The number of hydrogen-bond acceptors (Lipinski definition) is 1. The zero-order valence-electron chi connectivity index (χ0n) is 6.71. The summed E-state index contributed by atoms with van der Waals surface area (Å²) in [7, 11) is 0. The lowest BCUT2D eigenvalue weighted by Gasteiger charge is -1.91.